The molecule has 1 heterocycles. The highest BCUT2D eigenvalue weighted by atomic mass is 19.3. The fraction of sp³-hybridized carbons (Fsp3) is 0.333. The normalized spacial score (nSPS) is 10.1. The van der Waals surface area contributed by atoms with Gasteiger partial charge in [0.15, 0.2) is 0 Å². The molecule has 1 aromatic heterocycles. The molecule has 1 aromatic rings. The van der Waals surface area contributed by atoms with E-state index in [9.17, 15) is 18.9 Å². The van der Waals surface area contributed by atoms with Crippen LogP contribution in [0, 0.1) is 21.4 Å². The molecule has 0 radical (unpaired) electrons. The zero-order valence-electron chi connectivity index (χ0n) is 8.68. The van der Waals surface area contributed by atoms with Crippen LogP contribution < -0.4 is 4.74 Å². The molecule has 0 aliphatic heterocycles. The quantitative estimate of drug-likeness (QED) is 0.596. The lowest BCUT2D eigenvalue weighted by Crippen LogP contribution is -2.05. The molecule has 0 aromatic carbocycles. The molecule has 1 rings (SSSR count). The standard InChI is InChI=1S/C9H7F2N3O3/c1-17-6-4-5(2-3-12)7(8(10)11)9(13-6)14(15)16/h4,8H,2H2,1H3. The van der Waals surface area contributed by atoms with Crippen LogP contribution in [0.2, 0.25) is 0 Å². The van der Waals surface area contributed by atoms with Crippen LogP contribution in [0.4, 0.5) is 14.6 Å². The molecule has 6 nitrogen and oxygen atoms in total. The molecule has 0 atom stereocenters. The van der Waals surface area contributed by atoms with Crippen LogP contribution in [0.5, 0.6) is 5.88 Å². The van der Waals surface area contributed by atoms with Crippen LogP contribution in [-0.4, -0.2) is 17.0 Å². The Balaban J connectivity index is 3.50. The van der Waals surface area contributed by atoms with Crippen molar-refractivity contribution in [2.75, 3.05) is 7.11 Å². The number of aromatic nitrogens is 1. The predicted molar refractivity (Wildman–Crippen MR) is 51.7 cm³/mol. The molecule has 8 heteroatoms. The van der Waals surface area contributed by atoms with Gasteiger partial charge in [-0.3, -0.25) is 0 Å². The van der Waals surface area contributed by atoms with Crippen LogP contribution in [0.3, 0.4) is 0 Å². The SMILES string of the molecule is COc1cc(CC#N)c(C(F)F)c([N+](=O)[O-])n1. The summed E-state index contributed by atoms with van der Waals surface area (Å²) in [7, 11) is 1.20. The number of pyridine rings is 1. The van der Waals surface area contributed by atoms with Gasteiger partial charge in [-0.05, 0) is 10.5 Å². The summed E-state index contributed by atoms with van der Waals surface area (Å²) in [5.74, 6) is -1.16. The molecule has 0 saturated carbocycles. The van der Waals surface area contributed by atoms with E-state index in [0.29, 0.717) is 0 Å². The van der Waals surface area contributed by atoms with Gasteiger partial charge in [0.2, 0.25) is 0 Å². The third kappa shape index (κ3) is 2.63. The fourth-order valence-electron chi connectivity index (χ4n) is 1.28. The monoisotopic (exact) mass is 243 g/mol. The molecular formula is C9H7F2N3O3. The van der Waals surface area contributed by atoms with Crippen LogP contribution in [0.1, 0.15) is 17.6 Å². The van der Waals surface area contributed by atoms with Crippen LogP contribution >= 0.6 is 0 Å². The van der Waals surface area contributed by atoms with Crippen LogP contribution in [0.25, 0.3) is 0 Å². The molecule has 0 aliphatic carbocycles. The van der Waals surface area contributed by atoms with E-state index in [4.69, 9.17) is 5.26 Å². The summed E-state index contributed by atoms with van der Waals surface area (Å²) in [5, 5.41) is 19.1. The summed E-state index contributed by atoms with van der Waals surface area (Å²) < 4.78 is 30.1. The number of rotatable bonds is 4. The van der Waals surface area contributed by atoms with Gasteiger partial charge in [-0.25, -0.2) is 8.78 Å². The Labute approximate surface area is 94.6 Å². The molecule has 0 aliphatic rings. The van der Waals surface area contributed by atoms with Gasteiger partial charge in [-0.2, -0.15) is 5.26 Å². The number of nitrogens with zero attached hydrogens (tertiary/aromatic N) is 3. The van der Waals surface area contributed by atoms with Crippen molar-refractivity contribution in [1.82, 2.24) is 4.98 Å². The summed E-state index contributed by atoms with van der Waals surface area (Å²) >= 11 is 0. The zero-order valence-corrected chi connectivity index (χ0v) is 8.68. The Kier molecular flexibility index (Phi) is 3.87. The number of hydrogen-bond acceptors (Lipinski definition) is 5. The van der Waals surface area contributed by atoms with E-state index >= 15 is 0 Å². The number of hydrogen-bond donors (Lipinski definition) is 0. The van der Waals surface area contributed by atoms with Gasteiger partial charge in [-0.15, -0.1) is 0 Å². The van der Waals surface area contributed by atoms with Crippen molar-refractivity contribution in [3.63, 3.8) is 0 Å². The summed E-state index contributed by atoms with van der Waals surface area (Å²) in [6.45, 7) is 0. The number of halogens is 2. The second-order valence-electron chi connectivity index (χ2n) is 2.95. The molecule has 17 heavy (non-hydrogen) atoms. The topological polar surface area (TPSA) is 89.0 Å². The molecule has 0 unspecified atom stereocenters. The highest BCUT2D eigenvalue weighted by molar-refractivity contribution is 5.45. The summed E-state index contributed by atoms with van der Waals surface area (Å²) in [6.07, 6.45) is -3.45. The fourth-order valence-corrected chi connectivity index (χ4v) is 1.28. The van der Waals surface area contributed by atoms with E-state index in [2.05, 4.69) is 9.72 Å². The first-order valence-electron chi connectivity index (χ1n) is 4.38. The molecule has 0 N–H and O–H groups in total. The summed E-state index contributed by atoms with van der Waals surface area (Å²) in [6, 6.07) is 2.75. The smallest absolute Gasteiger partial charge is 0.376 e. The van der Waals surface area contributed by atoms with Gasteiger partial charge < -0.3 is 14.9 Å². The first-order valence-corrected chi connectivity index (χ1v) is 4.38. The summed E-state index contributed by atoms with van der Waals surface area (Å²) in [4.78, 5) is 12.9. The van der Waals surface area contributed by atoms with Gasteiger partial charge >= 0.3 is 11.7 Å². The van der Waals surface area contributed by atoms with Gasteiger partial charge in [0, 0.05) is 11.1 Å². The molecule has 0 fully saturated rings. The Bertz CT molecular complexity index is 485. The number of nitriles is 1. The van der Waals surface area contributed by atoms with Crippen molar-refractivity contribution in [1.29, 1.82) is 5.26 Å². The van der Waals surface area contributed by atoms with Crippen molar-refractivity contribution in [2.45, 2.75) is 12.8 Å². The predicted octanol–water partition coefficient (Wildman–Crippen LogP) is 2.00. The number of ether oxygens (including phenoxy) is 1. The largest absolute Gasteiger partial charge is 0.463 e. The third-order valence-electron chi connectivity index (χ3n) is 1.97. The highest BCUT2D eigenvalue weighted by Crippen LogP contribution is 2.33. The van der Waals surface area contributed by atoms with E-state index in [1.807, 2.05) is 0 Å². The molecule has 0 amide bonds. The molecular weight excluding hydrogens is 236 g/mol. The van der Waals surface area contributed by atoms with E-state index in [1.165, 1.54) is 7.11 Å². The van der Waals surface area contributed by atoms with Crippen LogP contribution in [0.15, 0.2) is 6.07 Å². The second-order valence-corrected chi connectivity index (χ2v) is 2.95. The Morgan fingerprint density at radius 1 is 1.71 bits per heavy atom. The maximum atomic E-state index is 12.7. The third-order valence-corrected chi connectivity index (χ3v) is 1.97. The summed E-state index contributed by atoms with van der Waals surface area (Å²) in [5.41, 5.74) is -0.988. The first kappa shape index (κ1) is 12.8. The lowest BCUT2D eigenvalue weighted by molar-refractivity contribution is -0.391. The minimum atomic E-state index is -3.07. The van der Waals surface area contributed by atoms with Gasteiger partial charge in [0.1, 0.15) is 5.56 Å². The average Bonchev–Trinajstić information content (AvgIpc) is 2.27. The lowest BCUT2D eigenvalue weighted by Gasteiger charge is -2.07. The van der Waals surface area contributed by atoms with E-state index < -0.39 is 22.7 Å². The number of nitro groups is 1. The molecule has 0 bridgehead atoms. The number of alkyl halides is 2. The number of methoxy groups -OCH3 is 1. The van der Waals surface area contributed by atoms with E-state index in [1.54, 1.807) is 6.07 Å². The average molecular weight is 243 g/mol. The van der Waals surface area contributed by atoms with Gasteiger partial charge in [0.05, 0.1) is 19.6 Å². The zero-order chi connectivity index (χ0) is 13.0. The molecule has 0 saturated heterocycles. The van der Waals surface area contributed by atoms with Crippen molar-refractivity contribution >= 4 is 5.82 Å². The van der Waals surface area contributed by atoms with Crippen LogP contribution in [-0.2, 0) is 6.42 Å². The van der Waals surface area contributed by atoms with Gasteiger partial charge in [-0.1, -0.05) is 0 Å². The van der Waals surface area contributed by atoms with E-state index in [0.717, 1.165) is 6.07 Å². The van der Waals surface area contributed by atoms with Gasteiger partial charge in [0.25, 0.3) is 6.43 Å². The van der Waals surface area contributed by atoms with Crippen molar-refractivity contribution in [3.8, 4) is 11.9 Å². The maximum absolute atomic E-state index is 12.7. The Morgan fingerprint density at radius 2 is 2.35 bits per heavy atom. The molecule has 90 valence electrons. The second kappa shape index (κ2) is 5.16. The van der Waals surface area contributed by atoms with E-state index in [-0.39, 0.29) is 17.9 Å². The van der Waals surface area contributed by atoms with Crippen molar-refractivity contribution in [2.24, 2.45) is 0 Å². The highest BCUT2D eigenvalue weighted by Gasteiger charge is 2.29. The van der Waals surface area contributed by atoms with Crippen molar-refractivity contribution < 1.29 is 18.4 Å². The van der Waals surface area contributed by atoms with Crippen molar-refractivity contribution in [3.05, 3.63) is 27.3 Å². The first-order chi connectivity index (χ1) is 8.01. The Morgan fingerprint density at radius 3 is 2.76 bits per heavy atom. The maximum Gasteiger partial charge on any atom is 0.376 e. The minimum absolute atomic E-state index is 0.152. The minimum Gasteiger partial charge on any atom is -0.463 e. The lowest BCUT2D eigenvalue weighted by atomic mass is 10.1. The Hall–Kier alpha value is -2.30. The molecule has 0 spiro atoms.